The molecule has 0 fully saturated rings. The average Bonchev–Trinajstić information content (AvgIpc) is 3.01. The molecule has 1 heterocycles. The maximum Gasteiger partial charge on any atom is 0.278 e. The third kappa shape index (κ3) is 3.30. The second-order valence-corrected chi connectivity index (χ2v) is 7.32. The van der Waals surface area contributed by atoms with Gasteiger partial charge in [-0.2, -0.15) is 4.99 Å². The van der Waals surface area contributed by atoms with Gasteiger partial charge in [0.05, 0.1) is 6.54 Å². The van der Waals surface area contributed by atoms with Crippen LogP contribution in [-0.4, -0.2) is 11.7 Å². The molecule has 0 saturated heterocycles. The van der Waals surface area contributed by atoms with Gasteiger partial charge in [0.1, 0.15) is 5.84 Å². The van der Waals surface area contributed by atoms with Gasteiger partial charge in [0.15, 0.2) is 0 Å². The Bertz CT molecular complexity index is 1010. The number of amidine groups is 1. The van der Waals surface area contributed by atoms with E-state index in [-0.39, 0.29) is 5.91 Å². The lowest BCUT2D eigenvalue weighted by Gasteiger charge is -2.19. The van der Waals surface area contributed by atoms with Gasteiger partial charge in [0.25, 0.3) is 5.91 Å². The highest BCUT2D eigenvalue weighted by atomic mass is 79.9. The van der Waals surface area contributed by atoms with Gasteiger partial charge in [-0.15, -0.1) is 0 Å². The molecule has 5 heteroatoms. The van der Waals surface area contributed by atoms with Crippen molar-refractivity contribution in [2.45, 2.75) is 6.54 Å². The van der Waals surface area contributed by atoms with Crippen molar-refractivity contribution in [3.05, 3.63) is 99.0 Å². The summed E-state index contributed by atoms with van der Waals surface area (Å²) >= 11 is 9.54. The molecule has 0 aromatic heterocycles. The van der Waals surface area contributed by atoms with Gasteiger partial charge in [-0.3, -0.25) is 4.79 Å². The number of halogens is 2. The number of anilines is 1. The Balaban J connectivity index is 1.78. The Morgan fingerprint density at radius 2 is 1.77 bits per heavy atom. The monoisotopic (exact) mass is 424 g/mol. The first-order chi connectivity index (χ1) is 12.6. The van der Waals surface area contributed by atoms with Gasteiger partial charge in [-0.25, -0.2) is 0 Å². The van der Waals surface area contributed by atoms with Crippen molar-refractivity contribution < 1.29 is 4.79 Å². The highest BCUT2D eigenvalue weighted by Gasteiger charge is 2.27. The first-order valence-corrected chi connectivity index (χ1v) is 9.29. The van der Waals surface area contributed by atoms with E-state index in [0.717, 1.165) is 21.3 Å². The van der Waals surface area contributed by atoms with Crippen LogP contribution in [0.25, 0.3) is 0 Å². The zero-order valence-electron chi connectivity index (χ0n) is 13.7. The van der Waals surface area contributed by atoms with E-state index in [1.165, 1.54) is 0 Å². The summed E-state index contributed by atoms with van der Waals surface area (Å²) in [6, 6.07) is 22.8. The molecule has 1 aliphatic rings. The fraction of sp³-hybridized carbons (Fsp3) is 0.0476. The zero-order chi connectivity index (χ0) is 18.1. The van der Waals surface area contributed by atoms with Crippen molar-refractivity contribution in [2.24, 2.45) is 4.99 Å². The highest BCUT2D eigenvalue weighted by Crippen LogP contribution is 2.30. The Kier molecular flexibility index (Phi) is 4.62. The van der Waals surface area contributed by atoms with E-state index < -0.39 is 0 Å². The molecule has 128 valence electrons. The van der Waals surface area contributed by atoms with Gasteiger partial charge in [-0.05, 0) is 48.0 Å². The third-order valence-electron chi connectivity index (χ3n) is 4.26. The Morgan fingerprint density at radius 1 is 1.00 bits per heavy atom. The van der Waals surface area contributed by atoms with Gasteiger partial charge in [-0.1, -0.05) is 57.9 Å². The predicted molar refractivity (Wildman–Crippen MR) is 109 cm³/mol. The number of amides is 1. The quantitative estimate of drug-likeness (QED) is 0.527. The number of nitrogens with zero attached hydrogens (tertiary/aromatic N) is 2. The number of hydrogen-bond acceptors (Lipinski definition) is 1. The molecule has 3 aromatic rings. The maximum absolute atomic E-state index is 12.7. The molecule has 0 bridgehead atoms. The summed E-state index contributed by atoms with van der Waals surface area (Å²) in [6.45, 7) is 0.656. The lowest BCUT2D eigenvalue weighted by molar-refractivity contribution is 0.100. The number of aliphatic imine (C=N–C) groups is 1. The van der Waals surface area contributed by atoms with Crippen LogP contribution >= 0.6 is 27.5 Å². The maximum atomic E-state index is 12.7. The number of carbonyl (C=O) groups excluding carboxylic acids is 1. The molecule has 26 heavy (non-hydrogen) atoms. The molecule has 3 nitrogen and oxygen atoms in total. The fourth-order valence-electron chi connectivity index (χ4n) is 3.00. The molecule has 0 atom stereocenters. The standard InChI is InChI=1S/C21H14BrClN2O/c22-16-10-8-14(9-11-16)21(26)24-20-19-7-2-1-4-15(19)13-25(20)18-6-3-5-17(23)12-18/h1-12H,13H2. The van der Waals surface area contributed by atoms with E-state index in [2.05, 4.69) is 27.0 Å². The summed E-state index contributed by atoms with van der Waals surface area (Å²) in [6.07, 6.45) is 0. The second kappa shape index (κ2) is 7.06. The van der Waals surface area contributed by atoms with Crippen LogP contribution in [-0.2, 0) is 6.54 Å². The van der Waals surface area contributed by atoms with Crippen LogP contribution in [0.2, 0.25) is 5.02 Å². The van der Waals surface area contributed by atoms with E-state index in [9.17, 15) is 4.79 Å². The summed E-state index contributed by atoms with van der Waals surface area (Å²) in [5.41, 5.74) is 3.57. The Morgan fingerprint density at radius 3 is 2.54 bits per heavy atom. The van der Waals surface area contributed by atoms with E-state index in [1.54, 1.807) is 12.1 Å². The summed E-state index contributed by atoms with van der Waals surface area (Å²) in [5, 5.41) is 0.650. The van der Waals surface area contributed by atoms with Crippen molar-refractivity contribution in [3.63, 3.8) is 0 Å². The lowest BCUT2D eigenvalue weighted by Crippen LogP contribution is -2.25. The van der Waals surface area contributed by atoms with E-state index in [0.29, 0.717) is 23.0 Å². The lowest BCUT2D eigenvalue weighted by atomic mass is 10.1. The van der Waals surface area contributed by atoms with Crippen LogP contribution in [0.5, 0.6) is 0 Å². The molecule has 1 amide bonds. The molecule has 0 radical (unpaired) electrons. The average molecular weight is 426 g/mol. The van der Waals surface area contributed by atoms with Crippen molar-refractivity contribution >= 4 is 45.0 Å². The van der Waals surface area contributed by atoms with Crippen LogP contribution in [0.15, 0.2) is 82.3 Å². The topological polar surface area (TPSA) is 32.7 Å². The predicted octanol–water partition coefficient (Wildman–Crippen LogP) is 5.71. The van der Waals surface area contributed by atoms with Crippen LogP contribution in [0.4, 0.5) is 5.69 Å². The summed E-state index contributed by atoms with van der Waals surface area (Å²) in [4.78, 5) is 19.2. The third-order valence-corrected chi connectivity index (χ3v) is 5.02. The van der Waals surface area contributed by atoms with Gasteiger partial charge in [0.2, 0.25) is 0 Å². The normalized spacial score (nSPS) is 14.5. The molecule has 1 aliphatic heterocycles. The minimum Gasteiger partial charge on any atom is -0.321 e. The van der Waals surface area contributed by atoms with E-state index in [1.807, 2.05) is 59.5 Å². The number of fused-ring (bicyclic) bond motifs is 1. The summed E-state index contributed by atoms with van der Waals surface area (Å²) in [5.74, 6) is 0.381. The van der Waals surface area contributed by atoms with Crippen LogP contribution in [0, 0.1) is 0 Å². The first-order valence-electron chi connectivity index (χ1n) is 8.12. The van der Waals surface area contributed by atoms with Crippen molar-refractivity contribution in [1.29, 1.82) is 0 Å². The largest absolute Gasteiger partial charge is 0.321 e. The fourth-order valence-corrected chi connectivity index (χ4v) is 3.45. The molecule has 3 aromatic carbocycles. The molecule has 0 unspecified atom stereocenters. The Hall–Kier alpha value is -2.43. The number of carbonyl (C=O) groups is 1. The SMILES string of the molecule is O=C(N=C1c2ccccc2CN1c1cccc(Cl)c1)c1ccc(Br)cc1. The van der Waals surface area contributed by atoms with E-state index >= 15 is 0 Å². The molecule has 0 spiro atoms. The van der Waals surface area contributed by atoms with Gasteiger partial charge in [0, 0.05) is 26.3 Å². The minimum atomic E-state index is -0.267. The highest BCUT2D eigenvalue weighted by molar-refractivity contribution is 9.10. The van der Waals surface area contributed by atoms with Crippen molar-refractivity contribution in [1.82, 2.24) is 0 Å². The Labute approximate surface area is 165 Å². The molecular weight excluding hydrogens is 412 g/mol. The molecular formula is C21H14BrClN2O. The van der Waals surface area contributed by atoms with E-state index in [4.69, 9.17) is 11.6 Å². The number of hydrogen-bond donors (Lipinski definition) is 0. The molecule has 0 aliphatic carbocycles. The zero-order valence-corrected chi connectivity index (χ0v) is 16.0. The molecule has 0 saturated carbocycles. The molecule has 4 rings (SSSR count). The molecule has 0 N–H and O–H groups in total. The van der Waals surface area contributed by atoms with Crippen molar-refractivity contribution in [2.75, 3.05) is 4.90 Å². The first kappa shape index (κ1) is 17.0. The van der Waals surface area contributed by atoms with Crippen LogP contribution in [0.3, 0.4) is 0 Å². The van der Waals surface area contributed by atoms with Gasteiger partial charge >= 0.3 is 0 Å². The van der Waals surface area contributed by atoms with Crippen molar-refractivity contribution in [3.8, 4) is 0 Å². The number of rotatable bonds is 2. The van der Waals surface area contributed by atoms with Crippen LogP contribution < -0.4 is 4.90 Å². The smallest absolute Gasteiger partial charge is 0.278 e. The van der Waals surface area contributed by atoms with Gasteiger partial charge < -0.3 is 4.90 Å². The van der Waals surface area contributed by atoms with Crippen LogP contribution in [0.1, 0.15) is 21.5 Å². The minimum absolute atomic E-state index is 0.267. The summed E-state index contributed by atoms with van der Waals surface area (Å²) < 4.78 is 0.925. The summed E-state index contributed by atoms with van der Waals surface area (Å²) in [7, 11) is 0. The second-order valence-electron chi connectivity index (χ2n) is 5.97. The number of benzene rings is 3.